The zero-order valence-corrected chi connectivity index (χ0v) is 10.6. The molecule has 0 saturated heterocycles. The molecule has 0 bridgehead atoms. The Hall–Kier alpha value is 0.1000. The highest BCUT2D eigenvalue weighted by Gasteiger charge is 2.04. The van der Waals surface area contributed by atoms with E-state index in [4.69, 9.17) is 11.6 Å². The topological polar surface area (TPSA) is 29.1 Å². The van der Waals surface area contributed by atoms with Crippen LogP contribution in [0.2, 0.25) is 5.02 Å². The van der Waals surface area contributed by atoms with Crippen LogP contribution in [-0.2, 0) is 17.3 Å². The molecule has 0 amide bonds. The van der Waals surface area contributed by atoms with E-state index in [2.05, 4.69) is 5.32 Å². The summed E-state index contributed by atoms with van der Waals surface area (Å²) in [7, 11) is -0.733. The van der Waals surface area contributed by atoms with E-state index in [9.17, 15) is 4.21 Å². The highest BCUT2D eigenvalue weighted by atomic mass is 35.5. The first-order chi connectivity index (χ1) is 6.58. The number of hydrogen-bond donors (Lipinski definition) is 1. The number of thiophene rings is 1. The average molecular weight is 252 g/mol. The molecule has 0 aromatic carbocycles. The Morgan fingerprint density at radius 2 is 2.43 bits per heavy atom. The van der Waals surface area contributed by atoms with Gasteiger partial charge in [-0.3, -0.25) is 4.21 Å². The lowest BCUT2D eigenvalue weighted by atomic mass is 10.3. The van der Waals surface area contributed by atoms with Crippen molar-refractivity contribution >= 4 is 33.7 Å². The van der Waals surface area contributed by atoms with Gasteiger partial charge in [-0.1, -0.05) is 11.6 Å². The van der Waals surface area contributed by atoms with Crippen molar-refractivity contribution in [2.45, 2.75) is 19.5 Å². The third-order valence-corrected chi connectivity index (χ3v) is 3.98. The van der Waals surface area contributed by atoms with Gasteiger partial charge in [0.2, 0.25) is 0 Å². The highest BCUT2D eigenvalue weighted by Crippen LogP contribution is 2.18. The summed E-state index contributed by atoms with van der Waals surface area (Å²) >= 11 is 7.43. The van der Waals surface area contributed by atoms with Crippen molar-refractivity contribution in [3.8, 4) is 0 Å². The van der Waals surface area contributed by atoms with Crippen molar-refractivity contribution in [3.05, 3.63) is 21.3 Å². The lowest BCUT2D eigenvalue weighted by Crippen LogP contribution is -2.30. The minimum Gasteiger partial charge on any atom is -0.308 e. The molecular weight excluding hydrogens is 238 g/mol. The summed E-state index contributed by atoms with van der Waals surface area (Å²) in [6.45, 7) is 2.84. The van der Waals surface area contributed by atoms with Gasteiger partial charge in [0.25, 0.3) is 0 Å². The first kappa shape index (κ1) is 12.2. The van der Waals surface area contributed by atoms with E-state index >= 15 is 0 Å². The van der Waals surface area contributed by atoms with Gasteiger partial charge in [-0.2, -0.15) is 0 Å². The fourth-order valence-electron chi connectivity index (χ4n) is 1.13. The monoisotopic (exact) mass is 251 g/mol. The van der Waals surface area contributed by atoms with Crippen LogP contribution >= 0.6 is 22.9 Å². The zero-order valence-electron chi connectivity index (χ0n) is 8.25. The molecule has 2 nitrogen and oxygen atoms in total. The summed E-state index contributed by atoms with van der Waals surface area (Å²) in [5, 5.41) is 6.01. The summed E-state index contributed by atoms with van der Waals surface area (Å²) in [5.74, 6) is 0.694. The fraction of sp³-hybridized carbons (Fsp3) is 0.556. The van der Waals surface area contributed by atoms with E-state index in [0.29, 0.717) is 5.75 Å². The molecule has 0 radical (unpaired) electrons. The van der Waals surface area contributed by atoms with Gasteiger partial charge in [-0.05, 0) is 13.0 Å². The molecule has 1 rings (SSSR count). The first-order valence-electron chi connectivity index (χ1n) is 4.34. The Morgan fingerprint density at radius 1 is 1.71 bits per heavy atom. The highest BCUT2D eigenvalue weighted by molar-refractivity contribution is 7.84. The van der Waals surface area contributed by atoms with Crippen LogP contribution in [0.5, 0.6) is 0 Å². The van der Waals surface area contributed by atoms with Gasteiger partial charge in [0.15, 0.2) is 0 Å². The van der Waals surface area contributed by atoms with Crippen molar-refractivity contribution < 1.29 is 4.21 Å². The van der Waals surface area contributed by atoms with Crippen LogP contribution in [0.3, 0.4) is 0 Å². The van der Waals surface area contributed by atoms with Gasteiger partial charge in [-0.25, -0.2) is 0 Å². The maximum Gasteiger partial charge on any atom is 0.0516 e. The van der Waals surface area contributed by atoms with Gasteiger partial charge in [0.05, 0.1) is 5.02 Å². The summed E-state index contributed by atoms with van der Waals surface area (Å²) < 4.78 is 10.9. The Kier molecular flexibility index (Phi) is 5.09. The van der Waals surface area contributed by atoms with E-state index in [1.807, 2.05) is 18.4 Å². The third-order valence-electron chi connectivity index (χ3n) is 1.73. The van der Waals surface area contributed by atoms with Crippen molar-refractivity contribution in [1.82, 2.24) is 5.32 Å². The van der Waals surface area contributed by atoms with Gasteiger partial charge >= 0.3 is 0 Å². The molecule has 0 saturated carbocycles. The minimum atomic E-state index is -0.733. The Balaban J connectivity index is 2.30. The molecule has 1 N–H and O–H groups in total. The quantitative estimate of drug-likeness (QED) is 0.870. The van der Waals surface area contributed by atoms with Gasteiger partial charge in [0, 0.05) is 45.7 Å². The second kappa shape index (κ2) is 5.85. The molecule has 5 heteroatoms. The minimum absolute atomic E-state index is 0.279. The maximum absolute atomic E-state index is 10.9. The fourth-order valence-corrected chi connectivity index (χ4v) is 2.98. The van der Waals surface area contributed by atoms with Crippen LogP contribution in [-0.4, -0.2) is 22.3 Å². The van der Waals surface area contributed by atoms with E-state index < -0.39 is 10.8 Å². The Bertz CT molecular complexity index is 314. The number of nitrogens with one attached hydrogen (secondary N) is 1. The normalized spacial score (nSPS) is 15.4. The summed E-state index contributed by atoms with van der Waals surface area (Å²) in [6, 6.07) is 2.23. The molecule has 1 aromatic heterocycles. The molecule has 0 aliphatic carbocycles. The van der Waals surface area contributed by atoms with Crippen LogP contribution in [0.1, 0.15) is 11.8 Å². The lowest BCUT2D eigenvalue weighted by molar-refractivity contribution is 0.591. The second-order valence-corrected chi connectivity index (χ2v) is 6.16. The van der Waals surface area contributed by atoms with Crippen molar-refractivity contribution in [3.63, 3.8) is 0 Å². The average Bonchev–Trinajstić information content (AvgIpc) is 2.47. The molecule has 0 aliphatic heterocycles. The molecule has 80 valence electrons. The van der Waals surface area contributed by atoms with E-state index in [1.165, 1.54) is 4.88 Å². The molecule has 1 heterocycles. The van der Waals surface area contributed by atoms with Crippen LogP contribution in [0.4, 0.5) is 0 Å². The van der Waals surface area contributed by atoms with Crippen LogP contribution in [0.15, 0.2) is 11.4 Å². The smallest absolute Gasteiger partial charge is 0.0516 e. The Morgan fingerprint density at radius 3 is 2.93 bits per heavy atom. The second-order valence-electron chi connectivity index (χ2n) is 3.25. The zero-order chi connectivity index (χ0) is 10.6. The molecule has 1 aromatic rings. The molecular formula is C9H14ClNOS2. The van der Waals surface area contributed by atoms with Gasteiger partial charge in [-0.15, -0.1) is 11.3 Å². The molecule has 0 spiro atoms. The van der Waals surface area contributed by atoms with Crippen LogP contribution in [0, 0.1) is 0 Å². The summed E-state index contributed by atoms with van der Waals surface area (Å²) in [5.41, 5.74) is 0. The van der Waals surface area contributed by atoms with Crippen LogP contribution < -0.4 is 5.32 Å². The van der Waals surface area contributed by atoms with Crippen molar-refractivity contribution in [1.29, 1.82) is 0 Å². The molecule has 2 atom stereocenters. The molecule has 14 heavy (non-hydrogen) atoms. The predicted molar refractivity (Wildman–Crippen MR) is 64.6 cm³/mol. The summed E-state index contributed by atoms with van der Waals surface area (Å²) in [6.07, 6.45) is 1.72. The Labute approximate surface area is 96.1 Å². The van der Waals surface area contributed by atoms with Crippen molar-refractivity contribution in [2.24, 2.45) is 0 Å². The number of rotatable bonds is 5. The van der Waals surface area contributed by atoms with Gasteiger partial charge in [0.1, 0.15) is 0 Å². The largest absolute Gasteiger partial charge is 0.308 e. The number of halogens is 1. The first-order valence-corrected chi connectivity index (χ1v) is 7.32. The maximum atomic E-state index is 10.9. The van der Waals surface area contributed by atoms with E-state index in [1.54, 1.807) is 17.6 Å². The van der Waals surface area contributed by atoms with E-state index in [-0.39, 0.29) is 6.04 Å². The summed E-state index contributed by atoms with van der Waals surface area (Å²) in [4.78, 5) is 1.21. The molecule has 2 unspecified atom stereocenters. The SMILES string of the molecule is CC(CS(C)=O)NCc1cc(Cl)cs1. The van der Waals surface area contributed by atoms with Crippen molar-refractivity contribution in [2.75, 3.05) is 12.0 Å². The predicted octanol–water partition coefficient (Wildman–Crippen LogP) is 2.26. The van der Waals surface area contributed by atoms with Gasteiger partial charge < -0.3 is 5.32 Å². The number of hydrogen-bond acceptors (Lipinski definition) is 3. The standard InChI is InChI=1S/C9H14ClNOS2/c1-7(6-14(2)12)11-4-9-3-8(10)5-13-9/h3,5,7,11H,4,6H2,1-2H3. The molecule has 0 fully saturated rings. The lowest BCUT2D eigenvalue weighted by Gasteiger charge is -2.10. The molecule has 0 aliphatic rings. The third kappa shape index (κ3) is 4.55. The van der Waals surface area contributed by atoms with Crippen LogP contribution in [0.25, 0.3) is 0 Å². The van der Waals surface area contributed by atoms with E-state index in [0.717, 1.165) is 11.6 Å².